The Kier molecular flexibility index (Phi) is 16.7. The largest absolute Gasteiger partial charge is 0.469 e. The third-order valence-corrected chi connectivity index (χ3v) is 2.76. The summed E-state index contributed by atoms with van der Waals surface area (Å²) in [4.78, 5) is 15.0. The van der Waals surface area contributed by atoms with Crippen molar-refractivity contribution >= 4 is 47.7 Å². The molecule has 0 aliphatic rings. The summed E-state index contributed by atoms with van der Waals surface area (Å²) in [5.41, 5.74) is 0. The van der Waals surface area contributed by atoms with Crippen molar-refractivity contribution in [3.05, 3.63) is 0 Å². The number of aliphatic imine (C=N–C) groups is 1. The van der Waals surface area contributed by atoms with Crippen molar-refractivity contribution in [2.75, 3.05) is 39.3 Å². The Labute approximate surface area is 131 Å². The summed E-state index contributed by atoms with van der Waals surface area (Å²) in [6, 6.07) is 0. The Bertz CT molecular complexity index is 240. The molecule has 0 unspecified atom stereocenters. The number of thioether (sulfide) groups is 1. The lowest BCUT2D eigenvalue weighted by molar-refractivity contribution is -0.140. The van der Waals surface area contributed by atoms with Gasteiger partial charge in [0.1, 0.15) is 0 Å². The van der Waals surface area contributed by atoms with Crippen LogP contribution in [0.5, 0.6) is 0 Å². The molecule has 0 saturated heterocycles. The number of nitrogens with zero attached hydrogens (tertiary/aromatic N) is 1. The van der Waals surface area contributed by atoms with Gasteiger partial charge in [0.2, 0.25) is 0 Å². The van der Waals surface area contributed by atoms with Crippen LogP contribution < -0.4 is 10.6 Å². The molecule has 7 heteroatoms. The molecule has 0 aromatic heterocycles. The molecule has 0 saturated carbocycles. The van der Waals surface area contributed by atoms with Crippen molar-refractivity contribution < 1.29 is 9.53 Å². The second-order valence-electron chi connectivity index (χ2n) is 3.45. The topological polar surface area (TPSA) is 62.7 Å². The minimum Gasteiger partial charge on any atom is -0.469 e. The first kappa shape index (κ1) is 20.1. The second kappa shape index (κ2) is 14.9. The van der Waals surface area contributed by atoms with E-state index < -0.39 is 0 Å². The Balaban J connectivity index is 0. The van der Waals surface area contributed by atoms with Crippen molar-refractivity contribution in [2.24, 2.45) is 4.99 Å². The van der Waals surface area contributed by atoms with Crippen LogP contribution in [0.2, 0.25) is 0 Å². The fourth-order valence-corrected chi connectivity index (χ4v) is 1.50. The number of carbonyl (C=O) groups excluding carboxylic acids is 1. The van der Waals surface area contributed by atoms with Crippen LogP contribution in [0.25, 0.3) is 0 Å². The summed E-state index contributed by atoms with van der Waals surface area (Å²) in [5.74, 6) is 1.73. The predicted molar refractivity (Wildman–Crippen MR) is 89.0 cm³/mol. The minimum atomic E-state index is -0.146. The maximum Gasteiger partial charge on any atom is 0.305 e. The number of ether oxygens (including phenoxy) is 1. The van der Waals surface area contributed by atoms with Crippen LogP contribution in [0.1, 0.15) is 19.3 Å². The molecule has 0 heterocycles. The fourth-order valence-electron chi connectivity index (χ4n) is 1.20. The molecule has 0 bridgehead atoms. The molecule has 0 radical (unpaired) electrons. The van der Waals surface area contributed by atoms with Crippen molar-refractivity contribution in [3.63, 3.8) is 0 Å². The zero-order valence-corrected chi connectivity index (χ0v) is 14.5. The average Bonchev–Trinajstić information content (AvgIpc) is 2.36. The average molecular weight is 389 g/mol. The Morgan fingerprint density at radius 2 is 1.94 bits per heavy atom. The van der Waals surface area contributed by atoms with Gasteiger partial charge in [-0.3, -0.25) is 9.79 Å². The predicted octanol–water partition coefficient (Wildman–Crippen LogP) is 1.48. The number of guanidine groups is 1. The number of halogens is 1. The van der Waals surface area contributed by atoms with Gasteiger partial charge < -0.3 is 15.4 Å². The maximum atomic E-state index is 10.9. The van der Waals surface area contributed by atoms with E-state index >= 15 is 0 Å². The van der Waals surface area contributed by atoms with Gasteiger partial charge in [-0.1, -0.05) is 0 Å². The Hall–Kier alpha value is -0.180. The molecule has 0 aromatic rings. The molecular weight excluding hydrogens is 365 g/mol. The third kappa shape index (κ3) is 12.3. The maximum absolute atomic E-state index is 10.9. The van der Waals surface area contributed by atoms with Crippen molar-refractivity contribution in [1.82, 2.24) is 10.6 Å². The van der Waals surface area contributed by atoms with Crippen LogP contribution in [0.3, 0.4) is 0 Å². The SMILES string of the molecule is CN=C(NCCCCC(=O)OC)NCCSC.I. The number of esters is 1. The Morgan fingerprint density at radius 3 is 2.50 bits per heavy atom. The van der Waals surface area contributed by atoms with E-state index in [9.17, 15) is 4.79 Å². The minimum absolute atomic E-state index is 0. The molecule has 0 spiro atoms. The highest BCUT2D eigenvalue weighted by atomic mass is 127. The highest BCUT2D eigenvalue weighted by Crippen LogP contribution is 1.95. The van der Waals surface area contributed by atoms with E-state index in [0.717, 1.165) is 37.6 Å². The normalized spacial score (nSPS) is 10.5. The zero-order valence-electron chi connectivity index (χ0n) is 11.3. The van der Waals surface area contributed by atoms with E-state index in [1.807, 2.05) is 0 Å². The van der Waals surface area contributed by atoms with Crippen LogP contribution in [-0.4, -0.2) is 51.2 Å². The number of unbranched alkanes of at least 4 members (excludes halogenated alkanes) is 1. The number of carbonyl (C=O) groups is 1. The van der Waals surface area contributed by atoms with E-state index in [0.29, 0.717) is 6.42 Å². The first-order valence-electron chi connectivity index (χ1n) is 5.74. The van der Waals surface area contributed by atoms with E-state index in [4.69, 9.17) is 0 Å². The van der Waals surface area contributed by atoms with Crippen LogP contribution in [-0.2, 0) is 9.53 Å². The summed E-state index contributed by atoms with van der Waals surface area (Å²) in [6.07, 6.45) is 4.32. The molecule has 0 aliphatic heterocycles. The molecular formula is C11H24IN3O2S. The number of hydrogen-bond acceptors (Lipinski definition) is 4. The van der Waals surface area contributed by atoms with Crippen molar-refractivity contribution in [2.45, 2.75) is 19.3 Å². The van der Waals surface area contributed by atoms with Crippen molar-refractivity contribution in [3.8, 4) is 0 Å². The summed E-state index contributed by atoms with van der Waals surface area (Å²) in [5, 5.41) is 6.41. The highest BCUT2D eigenvalue weighted by Gasteiger charge is 2.00. The molecule has 0 aromatic carbocycles. The first-order valence-corrected chi connectivity index (χ1v) is 7.14. The van der Waals surface area contributed by atoms with Crippen molar-refractivity contribution in [1.29, 1.82) is 0 Å². The molecule has 0 aliphatic carbocycles. The van der Waals surface area contributed by atoms with Gasteiger partial charge in [-0.05, 0) is 19.1 Å². The summed E-state index contributed by atoms with van der Waals surface area (Å²) < 4.78 is 4.57. The van der Waals surface area contributed by atoms with Gasteiger partial charge in [0.05, 0.1) is 7.11 Å². The molecule has 0 atom stereocenters. The van der Waals surface area contributed by atoms with E-state index in [-0.39, 0.29) is 29.9 Å². The number of hydrogen-bond donors (Lipinski definition) is 2. The van der Waals surface area contributed by atoms with E-state index in [2.05, 4.69) is 26.6 Å². The molecule has 18 heavy (non-hydrogen) atoms. The Morgan fingerprint density at radius 1 is 1.28 bits per heavy atom. The number of nitrogens with one attached hydrogen (secondary N) is 2. The molecule has 108 valence electrons. The standard InChI is InChI=1S/C11H23N3O2S.HI/c1-12-11(14-8-9-17-3)13-7-5-4-6-10(15)16-2;/h4-9H2,1-3H3,(H2,12,13,14);1H. The number of methoxy groups -OCH3 is 1. The lowest BCUT2D eigenvalue weighted by Crippen LogP contribution is -2.38. The monoisotopic (exact) mass is 389 g/mol. The van der Waals surface area contributed by atoms with E-state index in [1.165, 1.54) is 7.11 Å². The molecule has 0 amide bonds. The van der Waals surface area contributed by atoms with E-state index in [1.54, 1.807) is 18.8 Å². The number of rotatable bonds is 8. The van der Waals surface area contributed by atoms with Crippen LogP contribution in [0, 0.1) is 0 Å². The van der Waals surface area contributed by atoms with Crippen LogP contribution in [0.4, 0.5) is 0 Å². The second-order valence-corrected chi connectivity index (χ2v) is 4.44. The van der Waals surface area contributed by atoms with Gasteiger partial charge in [0.15, 0.2) is 5.96 Å². The molecule has 0 rings (SSSR count). The molecule has 0 fully saturated rings. The van der Waals surface area contributed by atoms with Gasteiger partial charge in [0.25, 0.3) is 0 Å². The lowest BCUT2D eigenvalue weighted by Gasteiger charge is -2.10. The summed E-state index contributed by atoms with van der Waals surface area (Å²) in [7, 11) is 3.17. The molecule has 2 N–H and O–H groups in total. The van der Waals surface area contributed by atoms with Gasteiger partial charge >= 0.3 is 5.97 Å². The first-order chi connectivity index (χ1) is 8.24. The van der Waals surface area contributed by atoms with Gasteiger partial charge in [-0.15, -0.1) is 24.0 Å². The summed E-state index contributed by atoms with van der Waals surface area (Å²) in [6.45, 7) is 1.72. The van der Waals surface area contributed by atoms with Gasteiger partial charge in [-0.2, -0.15) is 11.8 Å². The third-order valence-electron chi connectivity index (χ3n) is 2.15. The molecule has 5 nitrogen and oxygen atoms in total. The fraction of sp³-hybridized carbons (Fsp3) is 0.818. The van der Waals surface area contributed by atoms with Gasteiger partial charge in [0, 0.05) is 32.3 Å². The van der Waals surface area contributed by atoms with Crippen LogP contribution >= 0.6 is 35.7 Å². The smallest absolute Gasteiger partial charge is 0.305 e. The highest BCUT2D eigenvalue weighted by molar-refractivity contribution is 14.0. The quantitative estimate of drug-likeness (QED) is 0.217. The summed E-state index contributed by atoms with van der Waals surface area (Å²) >= 11 is 1.80. The zero-order chi connectivity index (χ0) is 12.9. The van der Waals surface area contributed by atoms with Crippen LogP contribution in [0.15, 0.2) is 4.99 Å². The van der Waals surface area contributed by atoms with Gasteiger partial charge in [-0.25, -0.2) is 0 Å². The lowest BCUT2D eigenvalue weighted by atomic mass is 10.2.